The standard InChI is InChI=1S/C12H22N3O2/c1-11(2)9-14(7-8-17-4)12(16)15-6-5-13(3)10-15/h5-6,10-11H,7-9H2,1-4H3/q+1. The molecule has 0 saturated carbocycles. The first-order valence-corrected chi connectivity index (χ1v) is 5.86. The molecule has 0 unspecified atom stereocenters. The van der Waals surface area contributed by atoms with Gasteiger partial charge in [-0.15, -0.1) is 0 Å². The van der Waals surface area contributed by atoms with Crippen LogP contribution in [0, 0.1) is 5.92 Å². The van der Waals surface area contributed by atoms with Crippen LogP contribution >= 0.6 is 0 Å². The number of nitrogens with zero attached hydrogens (tertiary/aromatic N) is 3. The SMILES string of the molecule is COCCN(CC(C)C)C(=O)n1cc[n+](C)c1. The van der Waals surface area contributed by atoms with Crippen molar-refractivity contribution in [3.8, 4) is 0 Å². The van der Waals surface area contributed by atoms with Gasteiger partial charge in [0, 0.05) is 20.2 Å². The first-order valence-electron chi connectivity index (χ1n) is 5.86. The molecule has 0 aromatic carbocycles. The molecule has 0 aliphatic heterocycles. The maximum Gasteiger partial charge on any atom is 0.415 e. The molecule has 0 radical (unpaired) electrons. The van der Waals surface area contributed by atoms with Crippen LogP contribution in [0.25, 0.3) is 0 Å². The summed E-state index contributed by atoms with van der Waals surface area (Å²) in [5.74, 6) is 0.445. The Morgan fingerprint density at radius 1 is 1.53 bits per heavy atom. The number of amides is 1. The van der Waals surface area contributed by atoms with Crippen molar-refractivity contribution in [2.24, 2.45) is 13.0 Å². The van der Waals surface area contributed by atoms with Crippen molar-refractivity contribution in [2.45, 2.75) is 13.8 Å². The molecule has 0 saturated heterocycles. The van der Waals surface area contributed by atoms with E-state index < -0.39 is 0 Å². The van der Waals surface area contributed by atoms with Crippen molar-refractivity contribution >= 4 is 6.03 Å². The summed E-state index contributed by atoms with van der Waals surface area (Å²) < 4.78 is 8.48. The number of aryl methyl sites for hydroxylation is 1. The highest BCUT2D eigenvalue weighted by Crippen LogP contribution is 2.02. The van der Waals surface area contributed by atoms with Gasteiger partial charge in [-0.3, -0.25) is 0 Å². The van der Waals surface area contributed by atoms with E-state index in [2.05, 4.69) is 13.8 Å². The second-order valence-electron chi connectivity index (χ2n) is 4.60. The molecule has 17 heavy (non-hydrogen) atoms. The Morgan fingerprint density at radius 2 is 2.24 bits per heavy atom. The molecule has 0 spiro atoms. The Balaban J connectivity index is 2.71. The van der Waals surface area contributed by atoms with Crippen LogP contribution in [-0.2, 0) is 11.8 Å². The number of hydrogen-bond donors (Lipinski definition) is 0. The lowest BCUT2D eigenvalue weighted by Crippen LogP contribution is -2.39. The molecule has 5 heteroatoms. The fourth-order valence-electron chi connectivity index (χ4n) is 1.63. The quantitative estimate of drug-likeness (QED) is 0.717. The first-order chi connectivity index (χ1) is 8.04. The van der Waals surface area contributed by atoms with E-state index in [0.29, 0.717) is 19.1 Å². The minimum absolute atomic E-state index is 0.00338. The molecular weight excluding hydrogens is 218 g/mol. The van der Waals surface area contributed by atoms with E-state index in [1.807, 2.05) is 22.7 Å². The Hall–Kier alpha value is -1.36. The van der Waals surface area contributed by atoms with Crippen LogP contribution in [0.1, 0.15) is 13.8 Å². The van der Waals surface area contributed by atoms with Gasteiger partial charge >= 0.3 is 6.03 Å². The van der Waals surface area contributed by atoms with Crippen molar-refractivity contribution < 1.29 is 14.1 Å². The molecule has 1 aromatic rings. The predicted molar refractivity (Wildman–Crippen MR) is 64.7 cm³/mol. The maximum atomic E-state index is 12.2. The van der Waals surface area contributed by atoms with Crippen molar-refractivity contribution in [1.29, 1.82) is 0 Å². The minimum Gasteiger partial charge on any atom is -0.383 e. The molecule has 0 atom stereocenters. The van der Waals surface area contributed by atoms with E-state index in [-0.39, 0.29) is 6.03 Å². The summed E-state index contributed by atoms with van der Waals surface area (Å²) in [7, 11) is 3.54. The van der Waals surface area contributed by atoms with Gasteiger partial charge in [-0.25, -0.2) is 9.36 Å². The normalized spacial score (nSPS) is 10.9. The van der Waals surface area contributed by atoms with Gasteiger partial charge in [0.05, 0.1) is 13.7 Å². The average molecular weight is 240 g/mol. The second-order valence-corrected chi connectivity index (χ2v) is 4.60. The summed E-state index contributed by atoms with van der Waals surface area (Å²) >= 11 is 0. The monoisotopic (exact) mass is 240 g/mol. The number of aromatic nitrogens is 2. The Labute approximate surface area is 103 Å². The Bertz CT molecular complexity index is 360. The van der Waals surface area contributed by atoms with Crippen LogP contribution in [0.3, 0.4) is 0 Å². The molecule has 0 aliphatic rings. The topological polar surface area (TPSA) is 38.4 Å². The molecule has 0 bridgehead atoms. The third-order valence-corrected chi connectivity index (χ3v) is 2.41. The van der Waals surface area contributed by atoms with Crippen LogP contribution in [0.5, 0.6) is 0 Å². The fourth-order valence-corrected chi connectivity index (χ4v) is 1.63. The Kier molecular flexibility index (Phi) is 5.15. The molecule has 0 fully saturated rings. The zero-order chi connectivity index (χ0) is 12.8. The van der Waals surface area contributed by atoms with Crippen molar-refractivity contribution in [3.63, 3.8) is 0 Å². The van der Waals surface area contributed by atoms with Gasteiger partial charge in [0.2, 0.25) is 0 Å². The number of hydrogen-bond acceptors (Lipinski definition) is 2. The fraction of sp³-hybridized carbons (Fsp3) is 0.667. The Morgan fingerprint density at radius 3 is 2.71 bits per heavy atom. The van der Waals surface area contributed by atoms with Crippen molar-refractivity contribution in [3.05, 3.63) is 18.7 Å². The summed E-state index contributed by atoms with van der Waals surface area (Å²) in [4.78, 5) is 14.0. The summed E-state index contributed by atoms with van der Waals surface area (Å²) in [6, 6.07) is -0.00338. The van der Waals surface area contributed by atoms with Crippen molar-refractivity contribution in [2.75, 3.05) is 26.8 Å². The molecule has 5 nitrogen and oxygen atoms in total. The molecule has 96 valence electrons. The van der Waals surface area contributed by atoms with E-state index in [1.165, 1.54) is 0 Å². The lowest BCUT2D eigenvalue weighted by atomic mass is 10.2. The first kappa shape index (κ1) is 13.7. The smallest absolute Gasteiger partial charge is 0.383 e. The zero-order valence-corrected chi connectivity index (χ0v) is 11.1. The lowest BCUT2D eigenvalue weighted by Gasteiger charge is -2.21. The van der Waals surface area contributed by atoms with Crippen LogP contribution in [-0.4, -0.2) is 42.3 Å². The van der Waals surface area contributed by atoms with Gasteiger partial charge in [0.1, 0.15) is 12.4 Å². The van der Waals surface area contributed by atoms with Crippen LogP contribution < -0.4 is 4.57 Å². The summed E-state index contributed by atoms with van der Waals surface area (Å²) in [5.41, 5.74) is 0. The molecule has 0 aliphatic carbocycles. The highest BCUT2D eigenvalue weighted by Gasteiger charge is 2.21. The molecule has 1 amide bonds. The zero-order valence-electron chi connectivity index (χ0n) is 11.1. The lowest BCUT2D eigenvalue weighted by molar-refractivity contribution is -0.670. The van der Waals surface area contributed by atoms with Gasteiger partial charge in [0.25, 0.3) is 6.33 Å². The van der Waals surface area contributed by atoms with E-state index in [4.69, 9.17) is 4.74 Å². The van der Waals surface area contributed by atoms with Crippen LogP contribution in [0.15, 0.2) is 18.7 Å². The maximum absolute atomic E-state index is 12.2. The van der Waals surface area contributed by atoms with Gasteiger partial charge in [-0.1, -0.05) is 13.8 Å². The van der Waals surface area contributed by atoms with Crippen LogP contribution in [0.2, 0.25) is 0 Å². The van der Waals surface area contributed by atoms with Crippen LogP contribution in [0.4, 0.5) is 4.79 Å². The summed E-state index contributed by atoms with van der Waals surface area (Å²) in [6.45, 7) is 6.12. The van der Waals surface area contributed by atoms with Gasteiger partial charge < -0.3 is 9.64 Å². The number of ether oxygens (including phenoxy) is 1. The van der Waals surface area contributed by atoms with Gasteiger partial charge in [-0.2, -0.15) is 4.57 Å². The summed E-state index contributed by atoms with van der Waals surface area (Å²) in [5, 5.41) is 0. The highest BCUT2D eigenvalue weighted by atomic mass is 16.5. The number of imidazole rings is 1. The van der Waals surface area contributed by atoms with E-state index in [0.717, 1.165) is 6.54 Å². The number of rotatable bonds is 5. The second kappa shape index (κ2) is 6.39. The van der Waals surface area contributed by atoms with E-state index >= 15 is 0 Å². The number of carbonyl (C=O) groups is 1. The molecule has 1 rings (SSSR count). The number of methoxy groups -OCH3 is 1. The third-order valence-electron chi connectivity index (χ3n) is 2.41. The molecule has 0 N–H and O–H groups in total. The molecular formula is C12H22N3O2+. The number of carbonyl (C=O) groups excluding carboxylic acids is 1. The minimum atomic E-state index is -0.00338. The van der Waals surface area contributed by atoms with Gasteiger partial charge in [-0.05, 0) is 5.92 Å². The van der Waals surface area contributed by atoms with Crippen molar-refractivity contribution in [1.82, 2.24) is 9.47 Å². The molecule has 1 heterocycles. The highest BCUT2D eigenvalue weighted by molar-refractivity contribution is 5.76. The predicted octanol–water partition coefficient (Wildman–Crippen LogP) is 0.885. The summed E-state index contributed by atoms with van der Waals surface area (Å²) in [6.07, 6.45) is 5.38. The van der Waals surface area contributed by atoms with E-state index in [9.17, 15) is 4.79 Å². The van der Waals surface area contributed by atoms with Gasteiger partial charge in [0.15, 0.2) is 0 Å². The average Bonchev–Trinajstić information content (AvgIpc) is 2.69. The third kappa shape index (κ3) is 4.19. The molecule has 1 aromatic heterocycles. The largest absolute Gasteiger partial charge is 0.415 e. The van der Waals surface area contributed by atoms with E-state index in [1.54, 1.807) is 24.2 Å².